The van der Waals surface area contributed by atoms with E-state index < -0.39 is 28.6 Å². The zero-order valence-corrected chi connectivity index (χ0v) is 20.4. The fraction of sp³-hybridized carbons (Fsp3) is 0.435. The summed E-state index contributed by atoms with van der Waals surface area (Å²) in [5.41, 5.74) is 1.79. The van der Waals surface area contributed by atoms with Gasteiger partial charge in [-0.05, 0) is 38.3 Å². The van der Waals surface area contributed by atoms with Crippen molar-refractivity contribution in [1.29, 1.82) is 0 Å². The Bertz CT molecular complexity index is 1060. The first-order chi connectivity index (χ1) is 15.7. The van der Waals surface area contributed by atoms with Crippen molar-refractivity contribution in [2.24, 2.45) is 0 Å². The van der Waals surface area contributed by atoms with Gasteiger partial charge in [0.25, 0.3) is 5.91 Å². The van der Waals surface area contributed by atoms with Crippen LogP contribution in [0, 0.1) is 6.92 Å². The molecule has 178 valence electrons. The van der Waals surface area contributed by atoms with Crippen molar-refractivity contribution in [3.05, 3.63) is 52.4 Å². The van der Waals surface area contributed by atoms with Gasteiger partial charge >= 0.3 is 5.97 Å². The zero-order chi connectivity index (χ0) is 23.8. The van der Waals surface area contributed by atoms with Gasteiger partial charge in [0.05, 0.1) is 0 Å². The van der Waals surface area contributed by atoms with E-state index in [9.17, 15) is 18.0 Å². The lowest BCUT2D eigenvalue weighted by Gasteiger charge is -2.33. The minimum absolute atomic E-state index is 0.0176. The van der Waals surface area contributed by atoms with Gasteiger partial charge in [0.2, 0.25) is 10.0 Å². The molecule has 1 aliphatic rings. The summed E-state index contributed by atoms with van der Waals surface area (Å²) in [4.78, 5) is 31.3. The molecule has 0 radical (unpaired) electrons. The number of carbonyl (C=O) groups excluding carboxylic acids is 2. The maximum atomic E-state index is 13.1. The highest BCUT2D eigenvalue weighted by atomic mass is 32.2. The highest BCUT2D eigenvalue weighted by molar-refractivity contribution is 7.92. The number of hydrogen-bond acceptors (Lipinski definition) is 7. The maximum absolute atomic E-state index is 13.1. The Labute approximate surface area is 198 Å². The number of aromatic nitrogens is 1. The number of hydrogen-bond donors (Lipinski definition) is 1. The fourth-order valence-electron chi connectivity index (χ4n) is 3.64. The lowest BCUT2D eigenvalue weighted by molar-refractivity contribution is -0.152. The van der Waals surface area contributed by atoms with Crippen molar-refractivity contribution in [3.8, 4) is 0 Å². The van der Waals surface area contributed by atoms with Gasteiger partial charge in [-0.3, -0.25) is 14.5 Å². The fourth-order valence-corrected chi connectivity index (χ4v) is 5.11. The molecule has 1 amide bonds. The van der Waals surface area contributed by atoms with Crippen molar-refractivity contribution < 1.29 is 22.7 Å². The van der Waals surface area contributed by atoms with Crippen LogP contribution in [0.5, 0.6) is 0 Å². The number of ether oxygens (including phenoxy) is 1. The minimum atomic E-state index is -3.84. The van der Waals surface area contributed by atoms with E-state index in [4.69, 9.17) is 4.74 Å². The average Bonchev–Trinajstić information content (AvgIpc) is 3.33. The van der Waals surface area contributed by atoms with E-state index in [1.165, 1.54) is 24.3 Å². The summed E-state index contributed by atoms with van der Waals surface area (Å²) in [6.45, 7) is 2.86. The monoisotopic (exact) mass is 491 g/mol. The summed E-state index contributed by atoms with van der Waals surface area (Å²) >= 11 is 1.36. The quantitative estimate of drug-likeness (QED) is 0.537. The van der Waals surface area contributed by atoms with Crippen LogP contribution in [-0.2, 0) is 24.3 Å². The second-order valence-corrected chi connectivity index (χ2v) is 10.6. The van der Waals surface area contributed by atoms with E-state index in [0.29, 0.717) is 5.13 Å². The molecule has 1 aromatic heterocycles. The summed E-state index contributed by atoms with van der Waals surface area (Å²) < 4.78 is 31.8. The lowest BCUT2D eigenvalue weighted by Crippen LogP contribution is -2.47. The Hall–Kier alpha value is -2.56. The molecule has 2 aromatic rings. The summed E-state index contributed by atoms with van der Waals surface area (Å²) in [5.74, 6) is -1.18. The van der Waals surface area contributed by atoms with Gasteiger partial charge in [0.1, 0.15) is 6.54 Å². The number of anilines is 1. The Balaban J connectivity index is 1.56. The van der Waals surface area contributed by atoms with Crippen LogP contribution >= 0.6 is 11.3 Å². The van der Waals surface area contributed by atoms with Crippen LogP contribution in [0.4, 0.5) is 5.13 Å². The van der Waals surface area contributed by atoms with Crippen LogP contribution in [0.1, 0.15) is 50.2 Å². The standard InChI is InChI=1S/C23H29N3O5S2/c1-17-8-10-19(11-9-17)12-15-33(29,30)25-16-21(27)31-18(2)22(28)26(23-24-13-14-32-23)20-6-4-3-5-7-20/h8-15,18,20,25H,3-7,16H2,1-2H3/b15-12+. The minimum Gasteiger partial charge on any atom is -0.452 e. The molecule has 1 unspecified atom stereocenters. The number of aryl methyl sites for hydroxylation is 1. The number of thiazole rings is 1. The number of sulfonamides is 1. The van der Waals surface area contributed by atoms with E-state index in [1.54, 1.807) is 28.6 Å². The van der Waals surface area contributed by atoms with Gasteiger partial charge in [-0.15, -0.1) is 11.3 Å². The number of amides is 1. The third-order valence-corrected chi connectivity index (χ3v) is 7.21. The molecule has 1 aliphatic carbocycles. The molecule has 8 nitrogen and oxygen atoms in total. The number of nitrogens with zero attached hydrogens (tertiary/aromatic N) is 2. The largest absolute Gasteiger partial charge is 0.452 e. The van der Waals surface area contributed by atoms with E-state index in [0.717, 1.165) is 48.6 Å². The van der Waals surface area contributed by atoms with Gasteiger partial charge in [0.15, 0.2) is 11.2 Å². The second-order valence-electron chi connectivity index (χ2n) is 8.03. The molecule has 1 heterocycles. The number of benzene rings is 1. The normalized spacial score (nSPS) is 15.9. The van der Waals surface area contributed by atoms with Crippen molar-refractivity contribution in [3.63, 3.8) is 0 Å². The van der Waals surface area contributed by atoms with Gasteiger partial charge in [-0.2, -0.15) is 0 Å². The first kappa shape index (κ1) is 25.1. The topological polar surface area (TPSA) is 106 Å². The van der Waals surface area contributed by atoms with Crippen molar-refractivity contribution in [1.82, 2.24) is 9.71 Å². The van der Waals surface area contributed by atoms with E-state index in [-0.39, 0.29) is 11.9 Å². The molecule has 0 spiro atoms. The summed E-state index contributed by atoms with van der Waals surface area (Å²) in [5, 5.41) is 3.37. The predicted molar refractivity (Wildman–Crippen MR) is 129 cm³/mol. The van der Waals surface area contributed by atoms with Crippen LogP contribution in [0.25, 0.3) is 6.08 Å². The number of nitrogens with one attached hydrogen (secondary N) is 1. The number of rotatable bonds is 9. The molecule has 1 atom stereocenters. The SMILES string of the molecule is Cc1ccc(/C=C/S(=O)(=O)NCC(=O)OC(C)C(=O)N(c2nccs2)C2CCCCC2)cc1. The van der Waals surface area contributed by atoms with Crippen LogP contribution in [0.3, 0.4) is 0 Å². The Morgan fingerprint density at radius 3 is 2.58 bits per heavy atom. The Morgan fingerprint density at radius 2 is 1.94 bits per heavy atom. The van der Waals surface area contributed by atoms with Crippen molar-refractivity contribution >= 4 is 44.4 Å². The highest BCUT2D eigenvalue weighted by Gasteiger charge is 2.33. The molecule has 1 fully saturated rings. The highest BCUT2D eigenvalue weighted by Crippen LogP contribution is 2.29. The molecule has 1 saturated carbocycles. The lowest BCUT2D eigenvalue weighted by atomic mass is 9.94. The molecule has 10 heteroatoms. The number of carbonyl (C=O) groups is 2. The summed E-state index contributed by atoms with van der Waals surface area (Å²) in [7, 11) is -3.84. The molecule has 0 aliphatic heterocycles. The van der Waals surface area contributed by atoms with Crippen LogP contribution < -0.4 is 9.62 Å². The van der Waals surface area contributed by atoms with Crippen LogP contribution in [0.15, 0.2) is 41.3 Å². The molecular formula is C23H29N3O5S2. The van der Waals surface area contributed by atoms with Gasteiger partial charge in [-0.25, -0.2) is 18.1 Å². The molecule has 0 saturated heterocycles. The Morgan fingerprint density at radius 1 is 1.24 bits per heavy atom. The van der Waals surface area contributed by atoms with Crippen molar-refractivity contribution in [2.75, 3.05) is 11.4 Å². The van der Waals surface area contributed by atoms with Gasteiger partial charge in [-0.1, -0.05) is 49.1 Å². The van der Waals surface area contributed by atoms with Crippen molar-refractivity contribution in [2.45, 2.75) is 58.1 Å². The van der Waals surface area contributed by atoms with Crippen LogP contribution in [-0.4, -0.2) is 44.0 Å². The molecular weight excluding hydrogens is 462 g/mol. The third-order valence-electron chi connectivity index (χ3n) is 5.39. The first-order valence-corrected chi connectivity index (χ1v) is 13.3. The smallest absolute Gasteiger partial charge is 0.321 e. The predicted octanol–water partition coefficient (Wildman–Crippen LogP) is 3.64. The molecule has 0 bridgehead atoms. The second kappa shape index (κ2) is 11.5. The summed E-state index contributed by atoms with van der Waals surface area (Å²) in [6.07, 6.45) is 6.97. The summed E-state index contributed by atoms with van der Waals surface area (Å²) in [6, 6.07) is 7.35. The molecule has 33 heavy (non-hydrogen) atoms. The van der Waals surface area contributed by atoms with E-state index >= 15 is 0 Å². The van der Waals surface area contributed by atoms with E-state index in [1.807, 2.05) is 19.1 Å². The molecule has 1 N–H and O–H groups in total. The van der Waals surface area contributed by atoms with Crippen LogP contribution in [0.2, 0.25) is 0 Å². The van der Waals surface area contributed by atoms with E-state index in [2.05, 4.69) is 9.71 Å². The number of esters is 1. The average molecular weight is 492 g/mol. The maximum Gasteiger partial charge on any atom is 0.321 e. The Kier molecular flexibility index (Phi) is 8.76. The zero-order valence-electron chi connectivity index (χ0n) is 18.8. The third kappa shape index (κ3) is 7.48. The first-order valence-electron chi connectivity index (χ1n) is 10.9. The molecule has 1 aromatic carbocycles. The molecule has 3 rings (SSSR count). The van der Waals surface area contributed by atoms with Gasteiger partial charge < -0.3 is 4.74 Å². The van der Waals surface area contributed by atoms with Gasteiger partial charge in [0, 0.05) is 23.0 Å².